The lowest BCUT2D eigenvalue weighted by molar-refractivity contribution is 0.0743. The van der Waals surface area contributed by atoms with Gasteiger partial charge in [0.1, 0.15) is 0 Å². The minimum Gasteiger partial charge on any atom is -0.335 e. The zero-order valence-electron chi connectivity index (χ0n) is 21.1. The quantitative estimate of drug-likeness (QED) is 0.279. The molecular formula is C26H27Cl2N7O3S. The summed E-state index contributed by atoms with van der Waals surface area (Å²) in [6.07, 6.45) is 5.55. The van der Waals surface area contributed by atoms with Crippen molar-refractivity contribution >= 4 is 39.1 Å². The van der Waals surface area contributed by atoms with Gasteiger partial charge in [-0.3, -0.25) is 10.2 Å². The summed E-state index contributed by atoms with van der Waals surface area (Å²) in [5.41, 5.74) is 6.20. The number of aryl methyl sites for hydroxylation is 1. The monoisotopic (exact) mass is 587 g/mol. The molecule has 0 bridgehead atoms. The smallest absolute Gasteiger partial charge is 0.286 e. The SMILES string of the molecule is Cc1ccc(-c2c(CNS(=O)(=O)c3cnc[nH]3)c(C(=O)NN3CCCCC3)nn2-c2ccc(Cl)cc2Cl)cc1. The first-order valence-corrected chi connectivity index (χ1v) is 14.6. The summed E-state index contributed by atoms with van der Waals surface area (Å²) in [5.74, 6) is -0.440. The summed E-state index contributed by atoms with van der Waals surface area (Å²) >= 11 is 12.7. The molecule has 0 unspecified atom stereocenters. The third-order valence-electron chi connectivity index (χ3n) is 6.48. The lowest BCUT2D eigenvalue weighted by Gasteiger charge is -2.26. The molecule has 2 aromatic carbocycles. The van der Waals surface area contributed by atoms with Crippen molar-refractivity contribution in [1.29, 1.82) is 0 Å². The maximum Gasteiger partial charge on any atom is 0.286 e. The number of rotatable bonds is 8. The van der Waals surface area contributed by atoms with Gasteiger partial charge in [-0.1, -0.05) is 59.5 Å². The van der Waals surface area contributed by atoms with Crippen LogP contribution < -0.4 is 10.1 Å². The van der Waals surface area contributed by atoms with Crippen LogP contribution in [0, 0.1) is 6.92 Å². The lowest BCUT2D eigenvalue weighted by atomic mass is 10.0. The molecule has 3 N–H and O–H groups in total. The van der Waals surface area contributed by atoms with Gasteiger partial charge in [-0.05, 0) is 38.0 Å². The Morgan fingerprint density at radius 2 is 1.82 bits per heavy atom. The van der Waals surface area contributed by atoms with Crippen molar-refractivity contribution in [1.82, 2.24) is 34.9 Å². The van der Waals surface area contributed by atoms with Gasteiger partial charge in [0.05, 0.1) is 28.9 Å². The summed E-state index contributed by atoms with van der Waals surface area (Å²) < 4.78 is 30.1. The van der Waals surface area contributed by atoms with Crippen LogP contribution in [0.1, 0.15) is 40.9 Å². The molecule has 1 amide bonds. The number of halogens is 2. The molecule has 204 valence electrons. The van der Waals surface area contributed by atoms with Crippen LogP contribution in [0.25, 0.3) is 16.9 Å². The molecule has 4 aromatic rings. The summed E-state index contributed by atoms with van der Waals surface area (Å²) in [7, 11) is -3.95. The topological polar surface area (TPSA) is 125 Å². The number of imidazole rings is 1. The number of carbonyl (C=O) groups excluding carboxylic acids is 1. The highest BCUT2D eigenvalue weighted by molar-refractivity contribution is 7.89. The van der Waals surface area contributed by atoms with E-state index in [9.17, 15) is 13.2 Å². The molecule has 0 aliphatic carbocycles. The van der Waals surface area contributed by atoms with E-state index in [1.54, 1.807) is 22.9 Å². The van der Waals surface area contributed by atoms with E-state index in [-0.39, 0.29) is 17.3 Å². The Morgan fingerprint density at radius 1 is 1.08 bits per heavy atom. The highest BCUT2D eigenvalue weighted by atomic mass is 35.5. The zero-order chi connectivity index (χ0) is 27.6. The van der Waals surface area contributed by atoms with Gasteiger partial charge in [0.25, 0.3) is 15.9 Å². The van der Waals surface area contributed by atoms with Gasteiger partial charge >= 0.3 is 0 Å². The second-order valence-electron chi connectivity index (χ2n) is 9.28. The van der Waals surface area contributed by atoms with Crippen molar-refractivity contribution in [3.63, 3.8) is 0 Å². The van der Waals surface area contributed by atoms with Gasteiger partial charge < -0.3 is 4.98 Å². The number of hydrogen-bond donors (Lipinski definition) is 3. The number of aromatic nitrogens is 4. The number of sulfonamides is 1. The summed E-state index contributed by atoms with van der Waals surface area (Å²) in [5, 5.41) is 7.24. The number of nitrogens with one attached hydrogen (secondary N) is 3. The van der Waals surface area contributed by atoms with Gasteiger partial charge in [-0.15, -0.1) is 0 Å². The van der Waals surface area contributed by atoms with Crippen LogP contribution in [0.3, 0.4) is 0 Å². The molecule has 39 heavy (non-hydrogen) atoms. The van der Waals surface area contributed by atoms with Gasteiger partial charge in [-0.25, -0.2) is 27.8 Å². The van der Waals surface area contributed by atoms with Crippen molar-refractivity contribution in [3.05, 3.63) is 81.9 Å². The summed E-state index contributed by atoms with van der Waals surface area (Å²) in [6, 6.07) is 12.6. The molecule has 5 rings (SSSR count). The van der Waals surface area contributed by atoms with Crippen molar-refractivity contribution in [3.8, 4) is 16.9 Å². The second-order valence-corrected chi connectivity index (χ2v) is 11.9. The van der Waals surface area contributed by atoms with Gasteiger partial charge in [-0.2, -0.15) is 5.10 Å². The van der Waals surface area contributed by atoms with E-state index in [1.807, 2.05) is 36.2 Å². The van der Waals surface area contributed by atoms with E-state index in [4.69, 9.17) is 28.3 Å². The number of H-pyrrole nitrogens is 1. The minimum absolute atomic E-state index is 0.0782. The molecule has 10 nitrogen and oxygen atoms in total. The van der Waals surface area contributed by atoms with Crippen LogP contribution in [0.15, 0.2) is 60.0 Å². The predicted molar refractivity (Wildman–Crippen MR) is 149 cm³/mol. The number of hydrogen-bond acceptors (Lipinski definition) is 6. The number of aromatic amines is 1. The Balaban J connectivity index is 1.65. The summed E-state index contributed by atoms with van der Waals surface area (Å²) in [6.45, 7) is 3.21. The van der Waals surface area contributed by atoms with Crippen LogP contribution in [-0.4, -0.2) is 52.2 Å². The summed E-state index contributed by atoms with van der Waals surface area (Å²) in [4.78, 5) is 20.0. The first kappa shape index (κ1) is 27.4. The van der Waals surface area contributed by atoms with Gasteiger partial charge in [0.15, 0.2) is 10.7 Å². The zero-order valence-corrected chi connectivity index (χ0v) is 23.4. The van der Waals surface area contributed by atoms with Crippen LogP contribution in [0.2, 0.25) is 10.0 Å². The van der Waals surface area contributed by atoms with Gasteiger partial charge in [0.2, 0.25) is 0 Å². The van der Waals surface area contributed by atoms with Crippen LogP contribution in [0.5, 0.6) is 0 Å². The van der Waals surface area contributed by atoms with E-state index < -0.39 is 15.9 Å². The Hall–Kier alpha value is -3.22. The fraction of sp³-hybridized carbons (Fsp3) is 0.269. The molecule has 0 spiro atoms. The number of carbonyl (C=O) groups is 1. The van der Waals surface area contributed by atoms with Crippen LogP contribution in [-0.2, 0) is 16.6 Å². The van der Waals surface area contributed by atoms with Crippen molar-refractivity contribution in [2.45, 2.75) is 37.8 Å². The molecule has 0 saturated carbocycles. The number of benzene rings is 2. The predicted octanol–water partition coefficient (Wildman–Crippen LogP) is 4.49. The van der Waals surface area contributed by atoms with Crippen molar-refractivity contribution in [2.75, 3.05) is 13.1 Å². The van der Waals surface area contributed by atoms with Crippen LogP contribution >= 0.6 is 23.2 Å². The maximum absolute atomic E-state index is 13.6. The third-order valence-corrected chi connectivity index (χ3v) is 8.34. The van der Waals surface area contributed by atoms with E-state index >= 15 is 0 Å². The molecule has 0 atom stereocenters. The maximum atomic E-state index is 13.6. The first-order chi connectivity index (χ1) is 18.7. The molecule has 1 aliphatic rings. The van der Waals surface area contributed by atoms with E-state index in [2.05, 4.69) is 20.1 Å². The fourth-order valence-corrected chi connectivity index (χ4v) is 5.86. The Morgan fingerprint density at radius 3 is 2.49 bits per heavy atom. The largest absolute Gasteiger partial charge is 0.335 e. The van der Waals surface area contributed by atoms with E-state index in [1.165, 1.54) is 12.5 Å². The molecule has 1 saturated heterocycles. The molecule has 13 heteroatoms. The third kappa shape index (κ3) is 6.02. The van der Waals surface area contributed by atoms with Gasteiger partial charge in [0, 0.05) is 35.8 Å². The first-order valence-electron chi connectivity index (χ1n) is 12.4. The average molecular weight is 589 g/mol. The normalized spacial score (nSPS) is 14.4. The molecule has 2 aromatic heterocycles. The highest BCUT2D eigenvalue weighted by Crippen LogP contribution is 2.33. The van der Waals surface area contributed by atoms with E-state index in [0.717, 1.165) is 43.5 Å². The number of hydrazine groups is 1. The molecule has 3 heterocycles. The van der Waals surface area contributed by atoms with Crippen molar-refractivity contribution in [2.24, 2.45) is 0 Å². The minimum atomic E-state index is -3.95. The fourth-order valence-electron chi connectivity index (χ4n) is 4.47. The average Bonchev–Trinajstić information content (AvgIpc) is 3.58. The lowest BCUT2D eigenvalue weighted by Crippen LogP contribution is -2.45. The number of nitrogens with zero attached hydrogens (tertiary/aromatic N) is 4. The Kier molecular flexibility index (Phi) is 8.06. The Bertz CT molecular complexity index is 1580. The molecule has 1 fully saturated rings. The van der Waals surface area contributed by atoms with Crippen molar-refractivity contribution < 1.29 is 13.2 Å². The van der Waals surface area contributed by atoms with E-state index in [0.29, 0.717) is 27.0 Å². The number of amides is 1. The molecule has 0 radical (unpaired) electrons. The van der Waals surface area contributed by atoms with Crippen LogP contribution in [0.4, 0.5) is 0 Å². The molecular weight excluding hydrogens is 561 g/mol. The Labute approximate surface area is 236 Å². The number of piperidine rings is 1. The highest BCUT2D eigenvalue weighted by Gasteiger charge is 2.28. The molecule has 1 aliphatic heterocycles. The standard InChI is InChI=1S/C26H27Cl2N7O3S/c1-17-5-7-18(8-6-17)25-20(14-31-39(37,38)23-15-29-16-30-23)24(26(36)33-34-11-3-2-4-12-34)32-35(25)22-10-9-19(27)13-21(22)28/h5-10,13,15-16,31H,2-4,11-12,14H2,1H3,(H,29,30)(H,33,36). The second kappa shape index (κ2) is 11.5.